The summed E-state index contributed by atoms with van der Waals surface area (Å²) in [6, 6.07) is 4.42. The van der Waals surface area contributed by atoms with Crippen LogP contribution in [0.3, 0.4) is 0 Å². The topological polar surface area (TPSA) is 62.7 Å². The smallest absolute Gasteiger partial charge is 0.246 e. The van der Waals surface area contributed by atoms with Crippen molar-refractivity contribution >= 4 is 16.8 Å². The summed E-state index contributed by atoms with van der Waals surface area (Å²) in [6.45, 7) is 0.610. The molecular formula is C14H11FN4O. The van der Waals surface area contributed by atoms with E-state index in [2.05, 4.69) is 15.4 Å². The number of carbonyl (C=O) groups excluding carboxylic acids is 1. The quantitative estimate of drug-likeness (QED) is 0.698. The number of aromatic nitrogens is 3. The Hall–Kier alpha value is -2.63. The number of fused-ring (bicyclic) bond motifs is 1. The van der Waals surface area contributed by atoms with E-state index < -0.39 is 0 Å². The van der Waals surface area contributed by atoms with Crippen molar-refractivity contribution in [1.82, 2.24) is 20.1 Å². The molecule has 1 aliphatic heterocycles. The summed E-state index contributed by atoms with van der Waals surface area (Å²) in [7, 11) is 0. The second-order valence-electron chi connectivity index (χ2n) is 4.86. The lowest BCUT2D eigenvalue weighted by Crippen LogP contribution is -2.49. The molecule has 20 heavy (non-hydrogen) atoms. The lowest BCUT2D eigenvalue weighted by atomic mass is 10.1. The zero-order chi connectivity index (χ0) is 13.7. The van der Waals surface area contributed by atoms with Gasteiger partial charge in [-0.1, -0.05) is 0 Å². The molecule has 1 aromatic carbocycles. The fraction of sp³-hybridized carbons (Fsp3) is 0.143. The highest BCUT2D eigenvalue weighted by Crippen LogP contribution is 2.29. The first-order chi connectivity index (χ1) is 9.72. The Bertz CT molecular complexity index is 820. The molecule has 100 valence electrons. The number of carbonyl (C=O) groups is 1. The van der Waals surface area contributed by atoms with E-state index in [1.165, 1.54) is 12.1 Å². The van der Waals surface area contributed by atoms with Crippen molar-refractivity contribution in [2.45, 2.75) is 6.04 Å². The lowest BCUT2D eigenvalue weighted by molar-refractivity contribution is -0.130. The molecule has 2 N–H and O–H groups in total. The number of nitrogens with one attached hydrogen (secondary N) is 2. The summed E-state index contributed by atoms with van der Waals surface area (Å²) in [5.74, 6) is -0.284. The lowest BCUT2D eigenvalue weighted by Gasteiger charge is -2.25. The van der Waals surface area contributed by atoms with Crippen LogP contribution in [0.15, 0.2) is 36.8 Å². The van der Waals surface area contributed by atoms with Gasteiger partial charge in [-0.05, 0) is 18.2 Å². The summed E-state index contributed by atoms with van der Waals surface area (Å²) in [5, 5.41) is 7.86. The van der Waals surface area contributed by atoms with Crippen LogP contribution in [0.1, 0.15) is 6.04 Å². The highest BCUT2D eigenvalue weighted by Gasteiger charge is 2.30. The number of benzene rings is 1. The number of aromatic amines is 1. The van der Waals surface area contributed by atoms with Gasteiger partial charge in [0.2, 0.25) is 5.91 Å². The van der Waals surface area contributed by atoms with E-state index >= 15 is 0 Å². The molecule has 3 aromatic rings. The molecule has 0 saturated carbocycles. The molecule has 0 aliphatic carbocycles. The minimum Gasteiger partial charge on any atom is -0.360 e. The average Bonchev–Trinajstić information content (AvgIpc) is 3.03. The summed E-state index contributed by atoms with van der Waals surface area (Å²) in [5.41, 5.74) is 2.60. The first kappa shape index (κ1) is 11.2. The molecular weight excluding hydrogens is 259 g/mol. The van der Waals surface area contributed by atoms with E-state index in [9.17, 15) is 9.18 Å². The number of nitrogens with zero attached hydrogens (tertiary/aromatic N) is 2. The van der Waals surface area contributed by atoms with Gasteiger partial charge in [-0.15, -0.1) is 0 Å². The van der Waals surface area contributed by atoms with Crippen molar-refractivity contribution in [3.63, 3.8) is 0 Å². The van der Waals surface area contributed by atoms with Crippen LogP contribution in [0.2, 0.25) is 0 Å². The first-order valence-corrected chi connectivity index (χ1v) is 6.31. The Morgan fingerprint density at radius 1 is 1.40 bits per heavy atom. The Labute approximate surface area is 113 Å². The number of hydrogen-bond donors (Lipinski definition) is 2. The van der Waals surface area contributed by atoms with Crippen molar-refractivity contribution in [2.24, 2.45) is 0 Å². The highest BCUT2D eigenvalue weighted by atomic mass is 19.1. The maximum Gasteiger partial charge on any atom is 0.246 e. The Kier molecular flexibility index (Phi) is 2.20. The van der Waals surface area contributed by atoms with Crippen molar-refractivity contribution in [3.05, 3.63) is 42.6 Å². The van der Waals surface area contributed by atoms with Crippen LogP contribution in [0.5, 0.6) is 0 Å². The molecule has 0 radical (unpaired) electrons. The number of H-pyrrole nitrogens is 1. The van der Waals surface area contributed by atoms with E-state index in [0.717, 1.165) is 22.0 Å². The molecule has 1 atom stereocenters. The number of hydrogen-bond acceptors (Lipinski definition) is 2. The van der Waals surface area contributed by atoms with Crippen LogP contribution < -0.4 is 5.32 Å². The monoisotopic (exact) mass is 270 g/mol. The van der Waals surface area contributed by atoms with Crippen LogP contribution >= 0.6 is 0 Å². The van der Waals surface area contributed by atoms with Crippen LogP contribution in [0.25, 0.3) is 22.0 Å². The second-order valence-corrected chi connectivity index (χ2v) is 4.86. The van der Waals surface area contributed by atoms with Crippen molar-refractivity contribution in [3.8, 4) is 11.1 Å². The van der Waals surface area contributed by atoms with Gasteiger partial charge in [-0.2, -0.15) is 5.10 Å². The third kappa shape index (κ3) is 1.54. The van der Waals surface area contributed by atoms with Gasteiger partial charge in [0, 0.05) is 41.0 Å². The summed E-state index contributed by atoms with van der Waals surface area (Å²) in [4.78, 5) is 14.4. The minimum atomic E-state index is -0.271. The van der Waals surface area contributed by atoms with E-state index in [-0.39, 0.29) is 17.8 Å². The van der Waals surface area contributed by atoms with Gasteiger partial charge in [0.1, 0.15) is 11.9 Å². The van der Waals surface area contributed by atoms with Gasteiger partial charge in [0.05, 0.1) is 6.20 Å². The largest absolute Gasteiger partial charge is 0.360 e. The maximum atomic E-state index is 13.2. The van der Waals surface area contributed by atoms with Crippen LogP contribution in [-0.2, 0) is 4.79 Å². The van der Waals surface area contributed by atoms with Crippen molar-refractivity contribution < 1.29 is 9.18 Å². The van der Waals surface area contributed by atoms with Gasteiger partial charge >= 0.3 is 0 Å². The zero-order valence-corrected chi connectivity index (χ0v) is 10.4. The molecule has 4 rings (SSSR count). The maximum absolute atomic E-state index is 13.2. The number of amides is 1. The molecule has 0 bridgehead atoms. The van der Waals surface area contributed by atoms with Gasteiger partial charge < -0.3 is 10.3 Å². The number of rotatable bonds is 2. The molecule has 3 heterocycles. The highest BCUT2D eigenvalue weighted by molar-refractivity contribution is 5.95. The fourth-order valence-corrected chi connectivity index (χ4v) is 2.48. The predicted molar refractivity (Wildman–Crippen MR) is 71.5 cm³/mol. The molecule has 1 unspecified atom stereocenters. The summed E-state index contributed by atoms with van der Waals surface area (Å²) in [6.07, 6.45) is 5.39. The average molecular weight is 270 g/mol. The van der Waals surface area contributed by atoms with Crippen molar-refractivity contribution in [1.29, 1.82) is 0 Å². The van der Waals surface area contributed by atoms with Gasteiger partial charge in [0.15, 0.2) is 0 Å². The predicted octanol–water partition coefficient (Wildman–Crippen LogP) is 1.84. The molecule has 0 spiro atoms. The Morgan fingerprint density at radius 2 is 2.30 bits per heavy atom. The van der Waals surface area contributed by atoms with E-state index in [1.807, 2.05) is 12.4 Å². The molecule has 2 aromatic heterocycles. The van der Waals surface area contributed by atoms with Crippen LogP contribution in [-0.4, -0.2) is 27.2 Å². The van der Waals surface area contributed by atoms with Gasteiger partial charge in [0.25, 0.3) is 0 Å². The number of halogens is 1. The standard InChI is InChI=1S/C14H11FN4O/c15-9-1-2-10-11(5-16-12(10)3-9)8-4-18-19(7-8)13-6-17-14(13)20/h1-5,7,13,16H,6H2,(H,17,20). The van der Waals surface area contributed by atoms with Crippen LogP contribution in [0.4, 0.5) is 4.39 Å². The van der Waals surface area contributed by atoms with E-state index in [4.69, 9.17) is 0 Å². The van der Waals surface area contributed by atoms with Crippen LogP contribution in [0, 0.1) is 5.82 Å². The summed E-state index contributed by atoms with van der Waals surface area (Å²) >= 11 is 0. The molecule has 6 heteroatoms. The SMILES string of the molecule is O=C1NCC1n1cc(-c2c[nH]c3cc(F)ccc23)cn1. The molecule has 1 fully saturated rings. The normalized spacial score (nSPS) is 18.1. The van der Waals surface area contributed by atoms with E-state index in [0.29, 0.717) is 6.54 Å². The third-order valence-corrected chi connectivity index (χ3v) is 3.65. The second kappa shape index (κ2) is 3.93. The number of β-lactam (4-membered cyclic amide) rings is 1. The van der Waals surface area contributed by atoms with E-state index in [1.54, 1.807) is 16.9 Å². The van der Waals surface area contributed by atoms with Gasteiger partial charge in [-0.25, -0.2) is 4.39 Å². The fourth-order valence-electron chi connectivity index (χ4n) is 2.48. The molecule has 5 nitrogen and oxygen atoms in total. The third-order valence-electron chi connectivity index (χ3n) is 3.65. The molecule has 1 saturated heterocycles. The van der Waals surface area contributed by atoms with Gasteiger partial charge in [-0.3, -0.25) is 9.48 Å². The zero-order valence-electron chi connectivity index (χ0n) is 10.4. The molecule has 1 aliphatic rings. The Balaban J connectivity index is 1.77. The first-order valence-electron chi connectivity index (χ1n) is 6.31. The van der Waals surface area contributed by atoms with Crippen molar-refractivity contribution in [2.75, 3.05) is 6.54 Å². The molecule has 1 amide bonds. The summed E-state index contributed by atoms with van der Waals surface area (Å²) < 4.78 is 14.8. The minimum absolute atomic E-state index is 0.0133. The Morgan fingerprint density at radius 3 is 3.05 bits per heavy atom.